The Morgan fingerprint density at radius 1 is 1.56 bits per heavy atom. The monoisotopic (exact) mass is 129 g/mol. The highest BCUT2D eigenvalue weighted by Gasteiger charge is 2.02. The standard InChI is InChI=1S/C7H15NO/c1-4-5-8(6-9)7(2)3/h6-7H,4-5H2,1-3H3. The zero-order valence-electron chi connectivity index (χ0n) is 6.42. The van der Waals surface area contributed by atoms with Gasteiger partial charge in [0.2, 0.25) is 6.41 Å². The fourth-order valence-corrected chi connectivity index (χ4v) is 0.691. The van der Waals surface area contributed by atoms with Crippen molar-refractivity contribution in [3.05, 3.63) is 0 Å². The van der Waals surface area contributed by atoms with Crippen LogP contribution in [0.3, 0.4) is 0 Å². The third kappa shape index (κ3) is 3.12. The molecule has 0 saturated carbocycles. The summed E-state index contributed by atoms with van der Waals surface area (Å²) in [6.07, 6.45) is 1.95. The SMILES string of the molecule is CCCN(C=O)C(C)C. The molecule has 0 aliphatic rings. The van der Waals surface area contributed by atoms with Crippen molar-refractivity contribution in [2.75, 3.05) is 6.54 Å². The molecule has 0 saturated heterocycles. The van der Waals surface area contributed by atoms with Gasteiger partial charge in [0.25, 0.3) is 0 Å². The van der Waals surface area contributed by atoms with Gasteiger partial charge in [-0.2, -0.15) is 0 Å². The molecule has 0 aromatic heterocycles. The van der Waals surface area contributed by atoms with Crippen LogP contribution in [-0.2, 0) is 4.79 Å². The zero-order chi connectivity index (χ0) is 7.28. The molecule has 0 N–H and O–H groups in total. The molecular formula is C7H15NO. The maximum absolute atomic E-state index is 10.3. The Kier molecular flexibility index (Phi) is 4.10. The van der Waals surface area contributed by atoms with Crippen LogP contribution in [0.2, 0.25) is 0 Å². The smallest absolute Gasteiger partial charge is 0.209 e. The minimum Gasteiger partial charge on any atom is -0.343 e. The zero-order valence-corrected chi connectivity index (χ0v) is 6.42. The van der Waals surface area contributed by atoms with Crippen LogP contribution in [-0.4, -0.2) is 23.9 Å². The first-order valence-corrected chi connectivity index (χ1v) is 3.43. The summed E-state index contributed by atoms with van der Waals surface area (Å²) in [5.41, 5.74) is 0. The third-order valence-corrected chi connectivity index (χ3v) is 1.28. The minimum atomic E-state index is 0.349. The molecule has 0 unspecified atom stereocenters. The minimum absolute atomic E-state index is 0.349. The maximum atomic E-state index is 10.3. The highest BCUT2D eigenvalue weighted by atomic mass is 16.1. The van der Waals surface area contributed by atoms with E-state index in [-0.39, 0.29) is 0 Å². The largest absolute Gasteiger partial charge is 0.343 e. The van der Waals surface area contributed by atoms with Gasteiger partial charge >= 0.3 is 0 Å². The van der Waals surface area contributed by atoms with E-state index >= 15 is 0 Å². The highest BCUT2D eigenvalue weighted by Crippen LogP contribution is 1.94. The molecule has 0 heterocycles. The van der Waals surface area contributed by atoms with E-state index in [2.05, 4.69) is 6.92 Å². The number of carbonyl (C=O) groups is 1. The van der Waals surface area contributed by atoms with Gasteiger partial charge in [-0.25, -0.2) is 0 Å². The molecule has 0 radical (unpaired) electrons. The molecule has 0 aromatic carbocycles. The number of carbonyl (C=O) groups excluding carboxylic acids is 1. The van der Waals surface area contributed by atoms with Crippen molar-refractivity contribution in [3.8, 4) is 0 Å². The van der Waals surface area contributed by atoms with Gasteiger partial charge < -0.3 is 4.90 Å². The van der Waals surface area contributed by atoms with Crippen LogP contribution < -0.4 is 0 Å². The molecule has 0 rings (SSSR count). The van der Waals surface area contributed by atoms with Crippen LogP contribution in [0.1, 0.15) is 27.2 Å². The Hall–Kier alpha value is -0.530. The normalized spacial score (nSPS) is 9.78. The van der Waals surface area contributed by atoms with E-state index < -0.39 is 0 Å². The number of amides is 1. The summed E-state index contributed by atoms with van der Waals surface area (Å²) in [6.45, 7) is 6.98. The topological polar surface area (TPSA) is 20.3 Å². The Labute approximate surface area is 56.9 Å². The summed E-state index contributed by atoms with van der Waals surface area (Å²) in [6, 6.07) is 0.349. The second kappa shape index (κ2) is 4.36. The Morgan fingerprint density at radius 3 is 2.22 bits per heavy atom. The lowest BCUT2D eigenvalue weighted by atomic mass is 10.3. The second-order valence-electron chi connectivity index (χ2n) is 2.44. The van der Waals surface area contributed by atoms with Gasteiger partial charge in [0, 0.05) is 12.6 Å². The van der Waals surface area contributed by atoms with E-state index in [4.69, 9.17) is 0 Å². The number of rotatable bonds is 4. The fraction of sp³-hybridized carbons (Fsp3) is 0.857. The van der Waals surface area contributed by atoms with Gasteiger partial charge in [0.05, 0.1) is 0 Å². The molecule has 0 aliphatic heterocycles. The molecule has 9 heavy (non-hydrogen) atoms. The molecule has 0 spiro atoms. The van der Waals surface area contributed by atoms with Crippen LogP contribution in [0.4, 0.5) is 0 Å². The maximum Gasteiger partial charge on any atom is 0.209 e. The quantitative estimate of drug-likeness (QED) is 0.523. The highest BCUT2D eigenvalue weighted by molar-refractivity contribution is 5.47. The van der Waals surface area contributed by atoms with E-state index in [0.29, 0.717) is 6.04 Å². The first-order chi connectivity index (χ1) is 4.22. The van der Waals surface area contributed by atoms with Gasteiger partial charge in [-0.15, -0.1) is 0 Å². The molecule has 0 aliphatic carbocycles. The predicted molar refractivity (Wildman–Crippen MR) is 38.2 cm³/mol. The molecule has 0 bridgehead atoms. The predicted octanol–water partition coefficient (Wildman–Crippen LogP) is 1.26. The molecule has 0 aromatic rings. The fourth-order valence-electron chi connectivity index (χ4n) is 0.691. The summed E-state index contributed by atoms with van der Waals surface area (Å²) in [5.74, 6) is 0. The summed E-state index contributed by atoms with van der Waals surface area (Å²) < 4.78 is 0. The molecule has 1 amide bonds. The Morgan fingerprint density at radius 2 is 2.11 bits per heavy atom. The number of nitrogens with zero attached hydrogens (tertiary/aromatic N) is 1. The van der Waals surface area contributed by atoms with Crippen molar-refractivity contribution in [2.45, 2.75) is 33.2 Å². The van der Waals surface area contributed by atoms with Gasteiger partial charge in [-0.1, -0.05) is 6.92 Å². The average molecular weight is 129 g/mol. The molecule has 2 nitrogen and oxygen atoms in total. The molecule has 0 atom stereocenters. The van der Waals surface area contributed by atoms with Crippen LogP contribution >= 0.6 is 0 Å². The summed E-state index contributed by atoms with van der Waals surface area (Å²) in [4.78, 5) is 12.1. The van der Waals surface area contributed by atoms with Gasteiger partial charge in [-0.05, 0) is 20.3 Å². The lowest BCUT2D eigenvalue weighted by molar-refractivity contribution is -0.119. The van der Waals surface area contributed by atoms with Crippen LogP contribution in [0, 0.1) is 0 Å². The lowest BCUT2D eigenvalue weighted by Crippen LogP contribution is -2.29. The van der Waals surface area contributed by atoms with Gasteiger partial charge in [0.1, 0.15) is 0 Å². The van der Waals surface area contributed by atoms with Crippen LogP contribution in [0.15, 0.2) is 0 Å². The van der Waals surface area contributed by atoms with E-state index in [1.807, 2.05) is 13.8 Å². The second-order valence-corrected chi connectivity index (χ2v) is 2.44. The summed E-state index contributed by atoms with van der Waals surface area (Å²) >= 11 is 0. The summed E-state index contributed by atoms with van der Waals surface area (Å²) in [7, 11) is 0. The van der Waals surface area contributed by atoms with Crippen LogP contribution in [0.5, 0.6) is 0 Å². The Balaban J connectivity index is 3.54. The molecule has 0 fully saturated rings. The first kappa shape index (κ1) is 8.47. The van der Waals surface area contributed by atoms with E-state index in [1.54, 1.807) is 4.90 Å². The van der Waals surface area contributed by atoms with Crippen molar-refractivity contribution >= 4 is 6.41 Å². The van der Waals surface area contributed by atoms with Crippen LogP contribution in [0.25, 0.3) is 0 Å². The third-order valence-electron chi connectivity index (χ3n) is 1.28. The lowest BCUT2D eigenvalue weighted by Gasteiger charge is -2.20. The van der Waals surface area contributed by atoms with Gasteiger partial charge in [-0.3, -0.25) is 4.79 Å². The van der Waals surface area contributed by atoms with Crippen molar-refractivity contribution < 1.29 is 4.79 Å². The van der Waals surface area contributed by atoms with E-state index in [0.717, 1.165) is 19.4 Å². The van der Waals surface area contributed by atoms with Gasteiger partial charge in [0.15, 0.2) is 0 Å². The molecule has 2 heteroatoms. The number of hydrogen-bond acceptors (Lipinski definition) is 1. The Bertz CT molecular complexity index is 81.0. The molecule has 54 valence electrons. The van der Waals surface area contributed by atoms with Crippen molar-refractivity contribution in [1.29, 1.82) is 0 Å². The number of hydrogen-bond donors (Lipinski definition) is 0. The van der Waals surface area contributed by atoms with Crippen molar-refractivity contribution in [1.82, 2.24) is 4.90 Å². The van der Waals surface area contributed by atoms with Crippen molar-refractivity contribution in [3.63, 3.8) is 0 Å². The molecular weight excluding hydrogens is 114 g/mol. The summed E-state index contributed by atoms with van der Waals surface area (Å²) in [5, 5.41) is 0. The van der Waals surface area contributed by atoms with E-state index in [1.165, 1.54) is 0 Å². The van der Waals surface area contributed by atoms with E-state index in [9.17, 15) is 4.79 Å². The average Bonchev–Trinajstić information content (AvgIpc) is 1.82. The first-order valence-electron chi connectivity index (χ1n) is 3.43. The van der Waals surface area contributed by atoms with Crippen molar-refractivity contribution in [2.24, 2.45) is 0 Å².